The number of benzene rings is 1. The van der Waals surface area contributed by atoms with Crippen molar-refractivity contribution in [1.29, 1.82) is 0 Å². The van der Waals surface area contributed by atoms with E-state index in [9.17, 15) is 9.18 Å². The molecule has 1 aromatic carbocycles. The summed E-state index contributed by atoms with van der Waals surface area (Å²) in [7, 11) is 1.66. The first-order valence-corrected chi connectivity index (χ1v) is 6.78. The number of amides is 1. The molecule has 1 amide bonds. The zero-order chi connectivity index (χ0) is 14.7. The maximum Gasteiger partial charge on any atom is 0.259 e. The average molecular weight is 359 g/mol. The fourth-order valence-corrected chi connectivity index (χ4v) is 2.14. The van der Waals surface area contributed by atoms with Gasteiger partial charge in [-0.15, -0.1) is 0 Å². The van der Waals surface area contributed by atoms with Crippen molar-refractivity contribution in [3.63, 3.8) is 0 Å². The summed E-state index contributed by atoms with van der Waals surface area (Å²) in [6.45, 7) is 0. The van der Waals surface area contributed by atoms with Crippen molar-refractivity contribution in [2.24, 2.45) is 0 Å². The molecule has 0 unspecified atom stereocenters. The van der Waals surface area contributed by atoms with Crippen molar-refractivity contribution in [1.82, 2.24) is 4.98 Å². The fraction of sp³-hybridized carbons (Fsp3) is 0.0769. The molecule has 0 aliphatic rings. The van der Waals surface area contributed by atoms with Crippen LogP contribution in [-0.4, -0.2) is 17.9 Å². The molecule has 2 aromatic rings. The van der Waals surface area contributed by atoms with E-state index in [0.717, 1.165) is 6.07 Å². The van der Waals surface area contributed by atoms with E-state index in [2.05, 4.69) is 31.5 Å². The minimum absolute atomic E-state index is 0.132. The van der Waals surface area contributed by atoms with Gasteiger partial charge in [-0.3, -0.25) is 4.79 Å². The molecule has 1 heterocycles. The van der Waals surface area contributed by atoms with Crippen LogP contribution in [0.25, 0.3) is 0 Å². The van der Waals surface area contributed by atoms with Gasteiger partial charge in [-0.2, -0.15) is 0 Å². The van der Waals surface area contributed by atoms with Crippen LogP contribution in [0.1, 0.15) is 10.4 Å². The first kappa shape index (κ1) is 14.7. The van der Waals surface area contributed by atoms with Gasteiger partial charge < -0.3 is 10.6 Å². The maximum atomic E-state index is 13.0. The van der Waals surface area contributed by atoms with Gasteiger partial charge >= 0.3 is 0 Å². The number of halogens is 3. The molecule has 0 aliphatic heterocycles. The highest BCUT2D eigenvalue weighted by atomic mass is 79.9. The summed E-state index contributed by atoms with van der Waals surface area (Å²) in [6, 6.07) is 5.39. The molecule has 20 heavy (non-hydrogen) atoms. The highest BCUT2D eigenvalue weighted by Crippen LogP contribution is 2.24. The lowest BCUT2D eigenvalue weighted by molar-refractivity contribution is 0.102. The smallest absolute Gasteiger partial charge is 0.259 e. The van der Waals surface area contributed by atoms with Gasteiger partial charge in [0.25, 0.3) is 5.91 Å². The summed E-state index contributed by atoms with van der Waals surface area (Å²) in [6.07, 6.45) is 1.58. The molecule has 0 fully saturated rings. The lowest BCUT2D eigenvalue weighted by Crippen LogP contribution is -2.15. The van der Waals surface area contributed by atoms with Gasteiger partial charge in [-0.05, 0) is 40.2 Å². The first-order chi connectivity index (χ1) is 9.51. The Hall–Kier alpha value is -1.66. The van der Waals surface area contributed by atoms with Crippen molar-refractivity contribution in [3.8, 4) is 0 Å². The number of carbonyl (C=O) groups is 1. The van der Waals surface area contributed by atoms with Gasteiger partial charge in [-0.1, -0.05) is 11.6 Å². The minimum Gasteiger partial charge on any atom is -0.372 e. The van der Waals surface area contributed by atoms with Crippen LogP contribution in [0.15, 0.2) is 34.9 Å². The van der Waals surface area contributed by atoms with Gasteiger partial charge in [0.1, 0.15) is 11.6 Å². The lowest BCUT2D eigenvalue weighted by Gasteiger charge is -2.10. The number of anilines is 2. The van der Waals surface area contributed by atoms with Gasteiger partial charge in [0.05, 0.1) is 16.3 Å². The number of rotatable bonds is 3. The van der Waals surface area contributed by atoms with Gasteiger partial charge in [0, 0.05) is 17.7 Å². The van der Waals surface area contributed by atoms with Crippen LogP contribution in [0.4, 0.5) is 15.9 Å². The number of hydrogen-bond acceptors (Lipinski definition) is 3. The number of nitrogens with zero attached hydrogens (tertiary/aromatic N) is 1. The summed E-state index contributed by atoms with van der Waals surface area (Å²) in [5.74, 6) is -0.423. The van der Waals surface area contributed by atoms with Gasteiger partial charge in [0.15, 0.2) is 0 Å². The van der Waals surface area contributed by atoms with E-state index < -0.39 is 11.7 Å². The molecule has 0 atom stereocenters. The van der Waals surface area contributed by atoms with E-state index >= 15 is 0 Å². The van der Waals surface area contributed by atoms with Crippen LogP contribution < -0.4 is 10.6 Å². The highest BCUT2D eigenvalue weighted by Gasteiger charge is 2.14. The third-order valence-electron chi connectivity index (χ3n) is 2.52. The molecular weight excluding hydrogens is 349 g/mol. The van der Waals surface area contributed by atoms with Crippen LogP contribution in [0, 0.1) is 5.82 Å². The molecule has 0 saturated carbocycles. The molecular formula is C13H10BrClFN3O. The molecule has 0 saturated heterocycles. The second-order valence-electron chi connectivity index (χ2n) is 3.88. The molecule has 0 spiro atoms. The van der Waals surface area contributed by atoms with Gasteiger partial charge in [0.2, 0.25) is 0 Å². The predicted molar refractivity (Wildman–Crippen MR) is 80.8 cm³/mol. The zero-order valence-electron chi connectivity index (χ0n) is 10.4. The summed E-state index contributed by atoms with van der Waals surface area (Å²) < 4.78 is 13.6. The highest BCUT2D eigenvalue weighted by molar-refractivity contribution is 9.10. The van der Waals surface area contributed by atoms with Crippen LogP contribution >= 0.6 is 27.5 Å². The molecule has 0 radical (unpaired) electrons. The lowest BCUT2D eigenvalue weighted by atomic mass is 10.2. The quantitative estimate of drug-likeness (QED) is 0.874. The second-order valence-corrected chi connectivity index (χ2v) is 5.20. The monoisotopic (exact) mass is 357 g/mol. The average Bonchev–Trinajstić information content (AvgIpc) is 2.41. The number of carbonyl (C=O) groups excluding carboxylic acids is 1. The fourth-order valence-electron chi connectivity index (χ4n) is 1.59. The largest absolute Gasteiger partial charge is 0.372 e. The Kier molecular flexibility index (Phi) is 4.57. The third kappa shape index (κ3) is 3.26. The Morgan fingerprint density at radius 2 is 2.15 bits per heavy atom. The summed E-state index contributed by atoms with van der Waals surface area (Å²) in [5.41, 5.74) is 0.683. The summed E-state index contributed by atoms with van der Waals surface area (Å²) in [5, 5.41) is 5.58. The van der Waals surface area contributed by atoms with E-state index in [1.54, 1.807) is 19.3 Å². The van der Waals surface area contributed by atoms with Gasteiger partial charge in [-0.25, -0.2) is 9.37 Å². The molecule has 4 nitrogen and oxygen atoms in total. The Bertz CT molecular complexity index is 666. The number of nitrogens with one attached hydrogen (secondary N) is 2. The van der Waals surface area contributed by atoms with E-state index in [1.807, 2.05) is 0 Å². The standard InChI is InChI=1S/C13H10BrClFN3O/c1-17-12-9(4-7(14)6-18-12)13(20)19-11-3-2-8(16)5-10(11)15/h2-6H,1H3,(H,17,18)(H,19,20). The van der Waals surface area contributed by atoms with E-state index in [-0.39, 0.29) is 5.02 Å². The van der Waals surface area contributed by atoms with Crippen molar-refractivity contribution in [2.45, 2.75) is 0 Å². The van der Waals surface area contributed by atoms with Crippen LogP contribution in [-0.2, 0) is 0 Å². The van der Waals surface area contributed by atoms with Crippen molar-refractivity contribution in [3.05, 3.63) is 51.3 Å². The molecule has 2 rings (SSSR count). The molecule has 0 bridgehead atoms. The molecule has 2 N–H and O–H groups in total. The maximum absolute atomic E-state index is 13.0. The van der Waals surface area contributed by atoms with Crippen molar-refractivity contribution < 1.29 is 9.18 Å². The Labute approximate surface area is 128 Å². The van der Waals surface area contributed by atoms with E-state index in [1.165, 1.54) is 12.1 Å². The van der Waals surface area contributed by atoms with Crippen LogP contribution in [0.3, 0.4) is 0 Å². The number of pyridine rings is 1. The summed E-state index contributed by atoms with van der Waals surface area (Å²) in [4.78, 5) is 16.3. The predicted octanol–water partition coefficient (Wildman–Crippen LogP) is 3.93. The minimum atomic E-state index is -0.465. The third-order valence-corrected chi connectivity index (χ3v) is 3.26. The molecule has 104 valence electrons. The first-order valence-electron chi connectivity index (χ1n) is 5.61. The zero-order valence-corrected chi connectivity index (χ0v) is 12.7. The number of aromatic nitrogens is 1. The Morgan fingerprint density at radius 3 is 2.80 bits per heavy atom. The summed E-state index contributed by atoms with van der Waals surface area (Å²) >= 11 is 9.13. The Morgan fingerprint density at radius 1 is 1.40 bits per heavy atom. The molecule has 7 heteroatoms. The SMILES string of the molecule is CNc1ncc(Br)cc1C(=O)Nc1ccc(F)cc1Cl. The topological polar surface area (TPSA) is 54.0 Å². The molecule has 1 aromatic heterocycles. The van der Waals surface area contributed by atoms with Crippen LogP contribution in [0.5, 0.6) is 0 Å². The van der Waals surface area contributed by atoms with E-state index in [4.69, 9.17) is 11.6 Å². The molecule has 0 aliphatic carbocycles. The second kappa shape index (κ2) is 6.19. The van der Waals surface area contributed by atoms with Crippen LogP contribution in [0.2, 0.25) is 5.02 Å². The number of hydrogen-bond donors (Lipinski definition) is 2. The Balaban J connectivity index is 2.30. The van der Waals surface area contributed by atoms with E-state index in [0.29, 0.717) is 21.5 Å². The normalized spacial score (nSPS) is 10.2. The van der Waals surface area contributed by atoms with Crippen molar-refractivity contribution >= 4 is 44.9 Å². The van der Waals surface area contributed by atoms with Crippen molar-refractivity contribution in [2.75, 3.05) is 17.7 Å².